The predicted octanol–water partition coefficient (Wildman–Crippen LogP) is 5.49. The van der Waals surface area contributed by atoms with Gasteiger partial charge in [-0.2, -0.15) is 0 Å². The number of hydrogen-bond donors (Lipinski definition) is 3. The van der Waals surface area contributed by atoms with Gasteiger partial charge in [0.15, 0.2) is 16.6 Å². The number of ether oxygens (including phenoxy) is 2. The van der Waals surface area contributed by atoms with Crippen LogP contribution in [-0.4, -0.2) is 23.6 Å². The number of amides is 2. The Kier molecular flexibility index (Phi) is 5.84. The third-order valence-corrected chi connectivity index (χ3v) is 5.75. The second-order valence-corrected chi connectivity index (χ2v) is 8.39. The van der Waals surface area contributed by atoms with Crippen molar-refractivity contribution in [2.45, 2.75) is 6.92 Å². The first-order valence-corrected chi connectivity index (χ1v) is 11.3. The summed E-state index contributed by atoms with van der Waals surface area (Å²) in [6, 6.07) is 20.0. The van der Waals surface area contributed by atoms with Crippen molar-refractivity contribution in [3.05, 3.63) is 77.7 Å². The summed E-state index contributed by atoms with van der Waals surface area (Å²) >= 11 is 1.46. The number of benzene rings is 3. The maximum absolute atomic E-state index is 12.7. The summed E-state index contributed by atoms with van der Waals surface area (Å²) in [6.07, 6.45) is 0. The van der Waals surface area contributed by atoms with Gasteiger partial charge in [0, 0.05) is 40.5 Å². The summed E-state index contributed by atoms with van der Waals surface area (Å²) in [5.74, 6) is 0.828. The molecule has 0 fully saturated rings. The first kappa shape index (κ1) is 21.5. The lowest BCUT2D eigenvalue weighted by Gasteiger charge is -2.08. The molecule has 9 heteroatoms. The largest absolute Gasteiger partial charge is 0.454 e. The normalized spacial score (nSPS) is 11.7. The molecule has 0 spiro atoms. The zero-order chi connectivity index (χ0) is 23.5. The molecule has 0 bridgehead atoms. The highest BCUT2D eigenvalue weighted by molar-refractivity contribution is 7.14. The van der Waals surface area contributed by atoms with Crippen molar-refractivity contribution in [1.82, 2.24) is 4.98 Å². The lowest BCUT2D eigenvalue weighted by molar-refractivity contribution is -0.114. The summed E-state index contributed by atoms with van der Waals surface area (Å²) in [6.45, 7) is 1.63. The molecule has 1 aromatic heterocycles. The van der Waals surface area contributed by atoms with Crippen LogP contribution in [0.15, 0.2) is 72.1 Å². The van der Waals surface area contributed by atoms with E-state index in [0.29, 0.717) is 33.6 Å². The van der Waals surface area contributed by atoms with Crippen LogP contribution < -0.4 is 25.4 Å². The minimum atomic E-state index is -0.241. The van der Waals surface area contributed by atoms with E-state index in [-0.39, 0.29) is 18.6 Å². The minimum absolute atomic E-state index is 0.126. The van der Waals surface area contributed by atoms with E-state index >= 15 is 0 Å². The Hall–Kier alpha value is -4.37. The molecular formula is C25H20N4O4S. The van der Waals surface area contributed by atoms with Crippen LogP contribution in [0.5, 0.6) is 11.5 Å². The van der Waals surface area contributed by atoms with E-state index in [9.17, 15) is 9.59 Å². The Bertz CT molecular complexity index is 1380. The summed E-state index contributed by atoms with van der Waals surface area (Å²) in [5, 5.41) is 11.6. The molecule has 5 rings (SSSR count). The van der Waals surface area contributed by atoms with Crippen molar-refractivity contribution in [1.29, 1.82) is 0 Å². The highest BCUT2D eigenvalue weighted by Gasteiger charge is 2.16. The van der Waals surface area contributed by atoms with Crippen LogP contribution in [0.1, 0.15) is 17.3 Å². The third kappa shape index (κ3) is 4.84. The number of hydrogen-bond acceptors (Lipinski definition) is 7. The average molecular weight is 473 g/mol. The number of fused-ring (bicyclic) bond motifs is 1. The molecule has 2 amide bonds. The lowest BCUT2D eigenvalue weighted by Crippen LogP contribution is -2.11. The van der Waals surface area contributed by atoms with Gasteiger partial charge < -0.3 is 25.4 Å². The Morgan fingerprint density at radius 1 is 0.882 bits per heavy atom. The van der Waals surface area contributed by atoms with Gasteiger partial charge in [0.1, 0.15) is 0 Å². The van der Waals surface area contributed by atoms with E-state index < -0.39 is 0 Å². The number of nitrogens with one attached hydrogen (secondary N) is 3. The monoisotopic (exact) mass is 472 g/mol. The molecule has 1 aliphatic rings. The molecule has 0 radical (unpaired) electrons. The van der Waals surface area contributed by atoms with Crippen LogP contribution in [-0.2, 0) is 4.79 Å². The SMILES string of the molecule is CC(=O)Nc1cccc(Nc2nc(-c3cccc(NC(=O)c4ccc5c(c4)OCO5)c3)cs2)c1. The van der Waals surface area contributed by atoms with Crippen molar-refractivity contribution in [2.24, 2.45) is 0 Å². The molecule has 0 atom stereocenters. The lowest BCUT2D eigenvalue weighted by atomic mass is 10.1. The van der Waals surface area contributed by atoms with Crippen molar-refractivity contribution >= 4 is 45.3 Å². The number of nitrogens with zero attached hydrogens (tertiary/aromatic N) is 1. The second-order valence-electron chi connectivity index (χ2n) is 7.53. The number of carbonyl (C=O) groups excluding carboxylic acids is 2. The smallest absolute Gasteiger partial charge is 0.255 e. The number of aromatic nitrogens is 1. The van der Waals surface area contributed by atoms with Crippen molar-refractivity contribution in [3.63, 3.8) is 0 Å². The fourth-order valence-electron chi connectivity index (χ4n) is 3.46. The number of rotatable bonds is 6. The fourth-order valence-corrected chi connectivity index (χ4v) is 4.20. The Balaban J connectivity index is 1.28. The predicted molar refractivity (Wildman–Crippen MR) is 132 cm³/mol. The molecule has 0 saturated heterocycles. The molecule has 170 valence electrons. The van der Waals surface area contributed by atoms with E-state index in [1.54, 1.807) is 18.2 Å². The molecule has 8 nitrogen and oxygen atoms in total. The van der Waals surface area contributed by atoms with Crippen LogP contribution >= 0.6 is 11.3 Å². The Morgan fingerprint density at radius 3 is 2.50 bits per heavy atom. The van der Waals surface area contributed by atoms with E-state index in [0.717, 1.165) is 16.9 Å². The quantitative estimate of drug-likeness (QED) is 0.343. The average Bonchev–Trinajstić information content (AvgIpc) is 3.48. The van der Waals surface area contributed by atoms with E-state index in [1.165, 1.54) is 18.3 Å². The van der Waals surface area contributed by atoms with Gasteiger partial charge in [0.25, 0.3) is 5.91 Å². The topological polar surface area (TPSA) is 102 Å². The van der Waals surface area contributed by atoms with Crippen molar-refractivity contribution < 1.29 is 19.1 Å². The Morgan fingerprint density at radius 2 is 1.65 bits per heavy atom. The van der Waals surface area contributed by atoms with E-state index in [2.05, 4.69) is 20.9 Å². The second kappa shape index (κ2) is 9.24. The number of carbonyl (C=O) groups is 2. The molecule has 2 heterocycles. The number of thiazole rings is 1. The molecule has 0 unspecified atom stereocenters. The van der Waals surface area contributed by atoms with E-state index in [1.807, 2.05) is 53.9 Å². The van der Waals surface area contributed by atoms with Crippen LogP contribution in [0.2, 0.25) is 0 Å². The van der Waals surface area contributed by atoms with Gasteiger partial charge in [-0.15, -0.1) is 11.3 Å². The summed E-state index contributed by atoms with van der Waals surface area (Å²) in [7, 11) is 0. The van der Waals surface area contributed by atoms with Gasteiger partial charge in [-0.05, 0) is 48.5 Å². The van der Waals surface area contributed by atoms with Gasteiger partial charge in [-0.3, -0.25) is 9.59 Å². The summed E-state index contributed by atoms with van der Waals surface area (Å²) in [5.41, 5.74) is 4.32. The molecule has 34 heavy (non-hydrogen) atoms. The maximum atomic E-state index is 12.7. The van der Waals surface area contributed by atoms with Gasteiger partial charge >= 0.3 is 0 Å². The highest BCUT2D eigenvalue weighted by Crippen LogP contribution is 2.33. The van der Waals surface area contributed by atoms with Crippen LogP contribution in [0.3, 0.4) is 0 Å². The third-order valence-electron chi connectivity index (χ3n) is 4.99. The molecular weight excluding hydrogens is 452 g/mol. The van der Waals surface area contributed by atoms with Gasteiger partial charge in [-0.25, -0.2) is 4.98 Å². The highest BCUT2D eigenvalue weighted by atomic mass is 32.1. The van der Waals surface area contributed by atoms with E-state index in [4.69, 9.17) is 9.47 Å². The standard InChI is InChI=1S/C25H20N4O4S/c1-15(30)26-19-6-3-7-20(12-19)28-25-29-21(13-34-25)16-4-2-5-18(10-16)27-24(31)17-8-9-22-23(11-17)33-14-32-22/h2-13H,14H2,1H3,(H,26,30)(H,27,31)(H,28,29). The molecule has 1 aliphatic heterocycles. The summed E-state index contributed by atoms with van der Waals surface area (Å²) < 4.78 is 10.6. The fraction of sp³-hybridized carbons (Fsp3) is 0.0800. The van der Waals surface area contributed by atoms with Crippen LogP contribution in [0.4, 0.5) is 22.2 Å². The van der Waals surface area contributed by atoms with Crippen molar-refractivity contribution in [3.8, 4) is 22.8 Å². The molecule has 0 aliphatic carbocycles. The Labute approximate surface area is 199 Å². The first-order chi connectivity index (χ1) is 16.5. The molecule has 3 N–H and O–H groups in total. The van der Waals surface area contributed by atoms with Crippen LogP contribution in [0.25, 0.3) is 11.3 Å². The number of anilines is 4. The van der Waals surface area contributed by atoms with Gasteiger partial charge in [-0.1, -0.05) is 18.2 Å². The first-order valence-electron chi connectivity index (χ1n) is 10.5. The maximum Gasteiger partial charge on any atom is 0.255 e. The summed E-state index contributed by atoms with van der Waals surface area (Å²) in [4.78, 5) is 28.7. The van der Waals surface area contributed by atoms with Crippen LogP contribution in [0, 0.1) is 0 Å². The molecule has 3 aromatic carbocycles. The zero-order valence-corrected chi connectivity index (χ0v) is 18.9. The van der Waals surface area contributed by atoms with Gasteiger partial charge in [0.2, 0.25) is 12.7 Å². The molecule has 4 aromatic rings. The van der Waals surface area contributed by atoms with Crippen molar-refractivity contribution in [2.75, 3.05) is 22.7 Å². The minimum Gasteiger partial charge on any atom is -0.454 e. The zero-order valence-electron chi connectivity index (χ0n) is 18.1. The molecule has 0 saturated carbocycles. The van der Waals surface area contributed by atoms with Gasteiger partial charge in [0.05, 0.1) is 5.69 Å².